The number of hydrogen-bond donors (Lipinski definition) is 2. The van der Waals surface area contributed by atoms with E-state index in [2.05, 4.69) is 56.3 Å². The van der Waals surface area contributed by atoms with Crippen molar-refractivity contribution in [1.82, 2.24) is 25.1 Å². The SMILES string of the molecule is CCNC(=NCc1nccn1Cc1ccccc1)NCCN1CCOCC1.I. The number of aromatic nitrogens is 2. The van der Waals surface area contributed by atoms with Gasteiger partial charge in [0.15, 0.2) is 5.96 Å². The molecule has 2 aromatic rings. The molecule has 1 aliphatic rings. The van der Waals surface area contributed by atoms with Gasteiger partial charge in [0.2, 0.25) is 0 Å². The lowest BCUT2D eigenvalue weighted by Gasteiger charge is -2.26. The number of hydrogen-bond acceptors (Lipinski definition) is 4. The van der Waals surface area contributed by atoms with E-state index in [0.717, 1.165) is 64.3 Å². The summed E-state index contributed by atoms with van der Waals surface area (Å²) in [5.74, 6) is 1.80. The predicted molar refractivity (Wildman–Crippen MR) is 123 cm³/mol. The number of rotatable bonds is 8. The fourth-order valence-corrected chi connectivity index (χ4v) is 3.06. The van der Waals surface area contributed by atoms with Crippen molar-refractivity contribution in [2.45, 2.75) is 20.0 Å². The second kappa shape index (κ2) is 12.7. The monoisotopic (exact) mass is 498 g/mol. The van der Waals surface area contributed by atoms with Crippen molar-refractivity contribution in [3.8, 4) is 0 Å². The Morgan fingerprint density at radius 1 is 1.18 bits per heavy atom. The fourth-order valence-electron chi connectivity index (χ4n) is 3.06. The van der Waals surface area contributed by atoms with E-state index in [1.165, 1.54) is 5.56 Å². The van der Waals surface area contributed by atoms with Gasteiger partial charge < -0.3 is 19.9 Å². The third-order valence-corrected chi connectivity index (χ3v) is 4.54. The number of aliphatic imine (C=N–C) groups is 1. The topological polar surface area (TPSA) is 66.7 Å². The minimum atomic E-state index is 0. The van der Waals surface area contributed by atoms with Crippen molar-refractivity contribution in [2.75, 3.05) is 45.9 Å². The van der Waals surface area contributed by atoms with E-state index in [0.29, 0.717) is 6.54 Å². The lowest BCUT2D eigenvalue weighted by Crippen LogP contribution is -2.44. The van der Waals surface area contributed by atoms with E-state index in [9.17, 15) is 0 Å². The van der Waals surface area contributed by atoms with Gasteiger partial charge in [0, 0.05) is 51.7 Å². The Morgan fingerprint density at radius 3 is 2.71 bits per heavy atom. The maximum atomic E-state index is 5.39. The number of morpholine rings is 1. The highest BCUT2D eigenvalue weighted by molar-refractivity contribution is 14.0. The molecule has 0 unspecified atom stereocenters. The van der Waals surface area contributed by atoms with E-state index < -0.39 is 0 Å². The van der Waals surface area contributed by atoms with Crippen LogP contribution in [-0.4, -0.2) is 66.3 Å². The summed E-state index contributed by atoms with van der Waals surface area (Å²) in [6.45, 7) is 9.81. The molecule has 28 heavy (non-hydrogen) atoms. The van der Waals surface area contributed by atoms with Gasteiger partial charge in [-0.25, -0.2) is 9.98 Å². The van der Waals surface area contributed by atoms with E-state index in [1.807, 2.05) is 18.5 Å². The predicted octanol–water partition coefficient (Wildman–Crippen LogP) is 1.94. The first-order valence-corrected chi connectivity index (χ1v) is 9.71. The Labute approximate surface area is 184 Å². The molecule has 0 radical (unpaired) electrons. The second-order valence-corrected chi connectivity index (χ2v) is 6.53. The first kappa shape index (κ1) is 22.6. The van der Waals surface area contributed by atoms with Crippen LogP contribution in [0.3, 0.4) is 0 Å². The number of nitrogens with zero attached hydrogens (tertiary/aromatic N) is 4. The van der Waals surface area contributed by atoms with Gasteiger partial charge in [-0.1, -0.05) is 30.3 Å². The number of guanidine groups is 1. The van der Waals surface area contributed by atoms with Crippen LogP contribution in [0.25, 0.3) is 0 Å². The lowest BCUT2D eigenvalue weighted by atomic mass is 10.2. The molecule has 8 heteroatoms. The molecule has 1 fully saturated rings. The highest BCUT2D eigenvalue weighted by Crippen LogP contribution is 2.06. The summed E-state index contributed by atoms with van der Waals surface area (Å²) in [5, 5.41) is 6.73. The zero-order valence-corrected chi connectivity index (χ0v) is 18.8. The van der Waals surface area contributed by atoms with E-state index in [4.69, 9.17) is 9.73 Å². The molecule has 1 aromatic heterocycles. The molecular weight excluding hydrogens is 467 g/mol. The van der Waals surface area contributed by atoms with Crippen molar-refractivity contribution >= 4 is 29.9 Å². The van der Waals surface area contributed by atoms with Gasteiger partial charge in [-0.05, 0) is 12.5 Å². The van der Waals surface area contributed by atoms with E-state index >= 15 is 0 Å². The molecule has 0 aliphatic carbocycles. The molecule has 0 amide bonds. The van der Waals surface area contributed by atoms with Gasteiger partial charge in [-0.3, -0.25) is 4.90 Å². The largest absolute Gasteiger partial charge is 0.379 e. The molecule has 7 nitrogen and oxygen atoms in total. The van der Waals surface area contributed by atoms with Gasteiger partial charge >= 0.3 is 0 Å². The summed E-state index contributed by atoms with van der Waals surface area (Å²) in [7, 11) is 0. The van der Waals surface area contributed by atoms with E-state index in [-0.39, 0.29) is 24.0 Å². The molecule has 154 valence electrons. The molecule has 0 atom stereocenters. The molecule has 1 aromatic carbocycles. The average Bonchev–Trinajstić information content (AvgIpc) is 3.14. The lowest BCUT2D eigenvalue weighted by molar-refractivity contribution is 0.0389. The van der Waals surface area contributed by atoms with Gasteiger partial charge in [-0.2, -0.15) is 0 Å². The average molecular weight is 498 g/mol. The van der Waals surface area contributed by atoms with Gasteiger partial charge in [-0.15, -0.1) is 24.0 Å². The molecule has 0 bridgehead atoms. The summed E-state index contributed by atoms with van der Waals surface area (Å²) in [6, 6.07) is 10.4. The van der Waals surface area contributed by atoms with Crippen molar-refractivity contribution in [3.63, 3.8) is 0 Å². The van der Waals surface area contributed by atoms with E-state index in [1.54, 1.807) is 0 Å². The minimum Gasteiger partial charge on any atom is -0.379 e. The molecule has 1 saturated heterocycles. The van der Waals surface area contributed by atoms with Crippen molar-refractivity contribution < 1.29 is 4.74 Å². The normalized spacial score (nSPS) is 15.1. The van der Waals surface area contributed by atoms with Gasteiger partial charge in [0.1, 0.15) is 12.4 Å². The highest BCUT2D eigenvalue weighted by Gasteiger charge is 2.10. The smallest absolute Gasteiger partial charge is 0.191 e. The van der Waals surface area contributed by atoms with Crippen LogP contribution < -0.4 is 10.6 Å². The van der Waals surface area contributed by atoms with Crippen LogP contribution in [0, 0.1) is 0 Å². The summed E-state index contributed by atoms with van der Waals surface area (Å²) >= 11 is 0. The summed E-state index contributed by atoms with van der Waals surface area (Å²) in [4.78, 5) is 11.6. The maximum Gasteiger partial charge on any atom is 0.191 e. The number of halogens is 1. The molecule has 0 saturated carbocycles. The van der Waals surface area contributed by atoms with Crippen LogP contribution >= 0.6 is 24.0 Å². The molecule has 2 N–H and O–H groups in total. The maximum absolute atomic E-state index is 5.39. The Balaban J connectivity index is 0.00000280. The summed E-state index contributed by atoms with van der Waals surface area (Å²) in [6.07, 6.45) is 3.85. The number of benzene rings is 1. The Kier molecular flexibility index (Phi) is 10.3. The number of ether oxygens (including phenoxy) is 1. The Bertz CT molecular complexity index is 700. The van der Waals surface area contributed by atoms with Crippen LogP contribution in [0.5, 0.6) is 0 Å². The highest BCUT2D eigenvalue weighted by atomic mass is 127. The zero-order valence-electron chi connectivity index (χ0n) is 16.5. The first-order valence-electron chi connectivity index (χ1n) is 9.71. The summed E-state index contributed by atoms with van der Waals surface area (Å²) < 4.78 is 7.54. The number of imidazole rings is 1. The van der Waals surface area contributed by atoms with Gasteiger partial charge in [0.05, 0.1) is 13.2 Å². The fraction of sp³-hybridized carbons (Fsp3) is 0.500. The van der Waals surface area contributed by atoms with Crippen LogP contribution in [-0.2, 0) is 17.8 Å². The second-order valence-electron chi connectivity index (χ2n) is 6.53. The quantitative estimate of drug-likeness (QED) is 0.331. The number of nitrogens with one attached hydrogen (secondary N) is 2. The zero-order chi connectivity index (χ0) is 18.7. The van der Waals surface area contributed by atoms with Crippen molar-refractivity contribution in [2.24, 2.45) is 4.99 Å². The van der Waals surface area contributed by atoms with Crippen LogP contribution in [0.1, 0.15) is 18.3 Å². The molecule has 3 rings (SSSR count). The molecule has 0 spiro atoms. The summed E-state index contributed by atoms with van der Waals surface area (Å²) in [5.41, 5.74) is 1.26. The first-order chi connectivity index (χ1) is 13.3. The molecule has 2 heterocycles. The van der Waals surface area contributed by atoms with Crippen LogP contribution in [0.2, 0.25) is 0 Å². The minimum absolute atomic E-state index is 0. The molecule has 1 aliphatic heterocycles. The standard InChI is InChI=1S/C20H30N6O.HI/c1-2-21-20(23-8-10-25-12-14-27-15-13-25)24-16-19-22-9-11-26(19)17-18-6-4-3-5-7-18;/h3-7,9,11H,2,8,10,12-17H2,1H3,(H2,21,23,24);1H. The third kappa shape index (κ3) is 7.40. The Morgan fingerprint density at radius 2 is 1.96 bits per heavy atom. The third-order valence-electron chi connectivity index (χ3n) is 4.54. The Hall–Kier alpha value is -1.65. The van der Waals surface area contributed by atoms with Crippen LogP contribution in [0.4, 0.5) is 0 Å². The van der Waals surface area contributed by atoms with Crippen molar-refractivity contribution in [1.29, 1.82) is 0 Å². The van der Waals surface area contributed by atoms with Crippen LogP contribution in [0.15, 0.2) is 47.7 Å². The van der Waals surface area contributed by atoms with Crippen molar-refractivity contribution in [3.05, 3.63) is 54.1 Å². The van der Waals surface area contributed by atoms with Gasteiger partial charge in [0.25, 0.3) is 0 Å². The molecular formula is C20H31IN6O.